The van der Waals surface area contributed by atoms with Gasteiger partial charge in [-0.1, -0.05) is 6.07 Å². The van der Waals surface area contributed by atoms with Gasteiger partial charge in [0.15, 0.2) is 11.5 Å². The molecule has 0 saturated heterocycles. The molecule has 6 nitrogen and oxygen atoms in total. The molecule has 0 bridgehead atoms. The Kier molecular flexibility index (Phi) is 4.19. The lowest BCUT2D eigenvalue weighted by Gasteiger charge is -2.11. The van der Waals surface area contributed by atoms with Gasteiger partial charge in [-0.15, -0.1) is 0 Å². The average molecular weight is 374 g/mol. The van der Waals surface area contributed by atoms with Crippen molar-refractivity contribution >= 4 is 23.1 Å². The van der Waals surface area contributed by atoms with Crippen molar-refractivity contribution in [3.8, 4) is 11.5 Å². The highest BCUT2D eigenvalue weighted by Gasteiger charge is 2.30. The Labute approximate surface area is 152 Å². The van der Waals surface area contributed by atoms with Gasteiger partial charge in [0.25, 0.3) is 0 Å². The number of fused-ring (bicyclic) bond motifs is 1. The third-order valence-corrected chi connectivity index (χ3v) is 3.75. The van der Waals surface area contributed by atoms with Crippen molar-refractivity contribution in [1.29, 1.82) is 0 Å². The topological polar surface area (TPSA) is 68.3 Å². The monoisotopic (exact) mass is 374 g/mol. The first-order valence-corrected chi connectivity index (χ1v) is 7.91. The summed E-state index contributed by atoms with van der Waals surface area (Å²) in [7, 11) is 0. The van der Waals surface area contributed by atoms with Crippen LogP contribution in [0.1, 0.15) is 5.56 Å². The van der Waals surface area contributed by atoms with Gasteiger partial charge in [-0.3, -0.25) is 0 Å². The second kappa shape index (κ2) is 6.67. The largest absolute Gasteiger partial charge is 0.454 e. The van der Waals surface area contributed by atoms with Crippen molar-refractivity contribution in [1.82, 2.24) is 9.97 Å². The van der Waals surface area contributed by atoms with Crippen molar-refractivity contribution < 1.29 is 22.6 Å². The van der Waals surface area contributed by atoms with Crippen LogP contribution in [-0.2, 0) is 6.18 Å². The Morgan fingerprint density at radius 3 is 2.56 bits per heavy atom. The molecule has 4 rings (SSSR count). The Balaban J connectivity index is 1.51. The Bertz CT molecular complexity index is 979. The van der Waals surface area contributed by atoms with Crippen LogP contribution in [0.15, 0.2) is 54.7 Å². The third-order valence-electron chi connectivity index (χ3n) is 3.75. The number of aromatic nitrogens is 2. The SMILES string of the molecule is FC(F)(F)c1cccc(Nc2nccc(Nc3ccc4c(c3)OCO4)n2)c1. The highest BCUT2D eigenvalue weighted by atomic mass is 19.4. The molecule has 0 radical (unpaired) electrons. The molecule has 1 aliphatic rings. The quantitative estimate of drug-likeness (QED) is 0.689. The van der Waals surface area contributed by atoms with E-state index in [2.05, 4.69) is 20.6 Å². The van der Waals surface area contributed by atoms with Crippen molar-refractivity contribution in [2.24, 2.45) is 0 Å². The number of anilines is 4. The van der Waals surface area contributed by atoms with Gasteiger partial charge in [-0.2, -0.15) is 18.2 Å². The van der Waals surface area contributed by atoms with Gasteiger partial charge in [0.2, 0.25) is 12.7 Å². The molecule has 2 N–H and O–H groups in total. The van der Waals surface area contributed by atoms with E-state index in [0.717, 1.165) is 17.8 Å². The number of ether oxygens (including phenoxy) is 2. The normalized spacial score (nSPS) is 12.7. The number of halogens is 3. The van der Waals surface area contributed by atoms with E-state index in [1.165, 1.54) is 18.3 Å². The molecule has 0 fully saturated rings. The summed E-state index contributed by atoms with van der Waals surface area (Å²) in [6, 6.07) is 11.8. The van der Waals surface area contributed by atoms with Crippen LogP contribution < -0.4 is 20.1 Å². The minimum Gasteiger partial charge on any atom is -0.454 e. The summed E-state index contributed by atoms with van der Waals surface area (Å²) in [5.41, 5.74) is 0.218. The fourth-order valence-corrected chi connectivity index (χ4v) is 2.51. The van der Waals surface area contributed by atoms with Gasteiger partial charge in [0, 0.05) is 23.6 Å². The number of rotatable bonds is 4. The van der Waals surface area contributed by atoms with E-state index >= 15 is 0 Å². The lowest BCUT2D eigenvalue weighted by atomic mass is 10.2. The molecule has 0 spiro atoms. The number of nitrogens with one attached hydrogen (secondary N) is 2. The van der Waals surface area contributed by atoms with Crippen LogP contribution in [0, 0.1) is 0 Å². The highest BCUT2D eigenvalue weighted by Crippen LogP contribution is 2.35. The van der Waals surface area contributed by atoms with Crippen molar-refractivity contribution in [3.63, 3.8) is 0 Å². The molecule has 0 amide bonds. The van der Waals surface area contributed by atoms with Crippen LogP contribution in [-0.4, -0.2) is 16.8 Å². The van der Waals surface area contributed by atoms with Gasteiger partial charge in [0.1, 0.15) is 5.82 Å². The highest BCUT2D eigenvalue weighted by molar-refractivity contribution is 5.63. The van der Waals surface area contributed by atoms with Gasteiger partial charge in [-0.25, -0.2) is 4.98 Å². The molecule has 0 saturated carbocycles. The third kappa shape index (κ3) is 3.86. The minimum absolute atomic E-state index is 0.167. The lowest BCUT2D eigenvalue weighted by molar-refractivity contribution is -0.137. The Morgan fingerprint density at radius 1 is 0.889 bits per heavy atom. The molecule has 1 aliphatic heterocycles. The maximum Gasteiger partial charge on any atom is 0.416 e. The summed E-state index contributed by atoms with van der Waals surface area (Å²) in [5.74, 6) is 1.92. The first-order chi connectivity index (χ1) is 13.0. The number of benzene rings is 2. The zero-order valence-corrected chi connectivity index (χ0v) is 13.7. The second-order valence-electron chi connectivity index (χ2n) is 5.66. The predicted molar refractivity (Wildman–Crippen MR) is 92.6 cm³/mol. The van der Waals surface area contributed by atoms with Crippen LogP contribution in [0.4, 0.5) is 36.3 Å². The van der Waals surface area contributed by atoms with Crippen LogP contribution in [0.2, 0.25) is 0 Å². The first-order valence-electron chi connectivity index (χ1n) is 7.91. The van der Waals surface area contributed by atoms with E-state index in [0.29, 0.717) is 17.3 Å². The number of nitrogens with zero attached hydrogens (tertiary/aromatic N) is 2. The maximum absolute atomic E-state index is 12.8. The molecule has 0 aliphatic carbocycles. The van der Waals surface area contributed by atoms with E-state index in [1.807, 2.05) is 0 Å². The molecule has 1 aromatic heterocycles. The van der Waals surface area contributed by atoms with Crippen molar-refractivity contribution in [2.75, 3.05) is 17.4 Å². The molecule has 2 aromatic carbocycles. The standard InChI is InChI=1S/C18H13F3N4O2/c19-18(20,21)11-2-1-3-12(8-11)24-17-22-7-6-16(25-17)23-13-4-5-14-15(9-13)27-10-26-14/h1-9H,10H2,(H2,22,23,24,25). The summed E-state index contributed by atoms with van der Waals surface area (Å²) in [5, 5.41) is 5.87. The Hall–Kier alpha value is -3.49. The summed E-state index contributed by atoms with van der Waals surface area (Å²) in [6.07, 6.45) is -2.92. The van der Waals surface area contributed by atoms with Gasteiger partial charge < -0.3 is 20.1 Å². The molecule has 0 atom stereocenters. The molecule has 3 aromatic rings. The van der Waals surface area contributed by atoms with Crippen LogP contribution >= 0.6 is 0 Å². The smallest absolute Gasteiger partial charge is 0.416 e. The second-order valence-corrected chi connectivity index (χ2v) is 5.66. The Morgan fingerprint density at radius 2 is 1.70 bits per heavy atom. The number of alkyl halides is 3. The van der Waals surface area contributed by atoms with Crippen LogP contribution in [0.3, 0.4) is 0 Å². The molecule has 27 heavy (non-hydrogen) atoms. The number of hydrogen-bond acceptors (Lipinski definition) is 6. The van der Waals surface area contributed by atoms with Crippen LogP contribution in [0.5, 0.6) is 11.5 Å². The zero-order chi connectivity index (χ0) is 18.9. The molecule has 0 unspecified atom stereocenters. The van der Waals surface area contributed by atoms with Crippen molar-refractivity contribution in [2.45, 2.75) is 6.18 Å². The first kappa shape index (κ1) is 17.0. The van der Waals surface area contributed by atoms with E-state index in [-0.39, 0.29) is 18.4 Å². The van der Waals surface area contributed by atoms with E-state index < -0.39 is 11.7 Å². The van der Waals surface area contributed by atoms with E-state index in [4.69, 9.17) is 9.47 Å². The fourth-order valence-electron chi connectivity index (χ4n) is 2.51. The summed E-state index contributed by atoms with van der Waals surface area (Å²) < 4.78 is 49.0. The summed E-state index contributed by atoms with van der Waals surface area (Å²) >= 11 is 0. The van der Waals surface area contributed by atoms with Gasteiger partial charge in [0.05, 0.1) is 5.56 Å². The molecule has 2 heterocycles. The minimum atomic E-state index is -4.42. The predicted octanol–water partition coefficient (Wildman–Crippen LogP) is 4.71. The van der Waals surface area contributed by atoms with E-state index in [9.17, 15) is 13.2 Å². The summed E-state index contributed by atoms with van der Waals surface area (Å²) in [6.45, 7) is 0.178. The molecular weight excluding hydrogens is 361 g/mol. The van der Waals surface area contributed by atoms with Crippen LogP contribution in [0.25, 0.3) is 0 Å². The molecular formula is C18H13F3N4O2. The van der Waals surface area contributed by atoms with E-state index in [1.54, 1.807) is 24.3 Å². The number of hydrogen-bond donors (Lipinski definition) is 2. The molecule has 138 valence electrons. The van der Waals surface area contributed by atoms with Gasteiger partial charge in [-0.05, 0) is 36.4 Å². The molecule has 9 heteroatoms. The lowest BCUT2D eigenvalue weighted by Crippen LogP contribution is -2.06. The fraction of sp³-hybridized carbons (Fsp3) is 0.111. The average Bonchev–Trinajstić information content (AvgIpc) is 3.09. The van der Waals surface area contributed by atoms with Crippen molar-refractivity contribution in [3.05, 3.63) is 60.3 Å². The maximum atomic E-state index is 12.8. The zero-order valence-electron chi connectivity index (χ0n) is 13.7. The summed E-state index contributed by atoms with van der Waals surface area (Å²) in [4.78, 5) is 8.30. The van der Waals surface area contributed by atoms with Gasteiger partial charge >= 0.3 is 6.18 Å².